The second-order valence-electron chi connectivity index (χ2n) is 2.67. The number of nitrogens with zero attached hydrogens (tertiary/aromatic N) is 2. The third kappa shape index (κ3) is 4.55. The molecule has 0 fully saturated rings. The Hall–Kier alpha value is -0.650. The van der Waals surface area contributed by atoms with Crippen molar-refractivity contribution in [3.8, 4) is 0 Å². The van der Waals surface area contributed by atoms with Gasteiger partial charge in [0.2, 0.25) is 0 Å². The van der Waals surface area contributed by atoms with Crippen molar-refractivity contribution in [2.75, 3.05) is 19.0 Å². The Bertz CT molecular complexity index is 246. The third-order valence-electron chi connectivity index (χ3n) is 1.49. The molecule has 1 unspecified atom stereocenters. The molecule has 0 radical (unpaired) electrons. The molecule has 1 aromatic rings. The summed E-state index contributed by atoms with van der Waals surface area (Å²) < 4.78 is 5.09. The van der Waals surface area contributed by atoms with Crippen LogP contribution in [0.3, 0.4) is 0 Å². The summed E-state index contributed by atoms with van der Waals surface area (Å²) in [7, 11) is 0. The molecular weight excluding hydrogens is 200 g/mol. The standard InChI is InChI=1S/C9H14N2O2S/c1-2-13-5-8(12)6-14-9-3-4-10-7-11-9/h3-4,7-8,12H,2,5-6H2,1H3. The summed E-state index contributed by atoms with van der Waals surface area (Å²) in [6.45, 7) is 2.92. The molecule has 0 aromatic carbocycles. The summed E-state index contributed by atoms with van der Waals surface area (Å²) in [5, 5.41) is 10.3. The van der Waals surface area contributed by atoms with Gasteiger partial charge in [-0.15, -0.1) is 11.8 Å². The molecular formula is C9H14N2O2S. The lowest BCUT2D eigenvalue weighted by Gasteiger charge is -2.08. The van der Waals surface area contributed by atoms with Gasteiger partial charge in [0, 0.05) is 18.6 Å². The second kappa shape index (κ2) is 6.75. The first-order valence-electron chi connectivity index (χ1n) is 4.47. The SMILES string of the molecule is CCOCC(O)CSc1ccncn1. The number of hydrogen-bond acceptors (Lipinski definition) is 5. The van der Waals surface area contributed by atoms with Gasteiger partial charge >= 0.3 is 0 Å². The zero-order valence-corrected chi connectivity index (χ0v) is 8.91. The average Bonchev–Trinajstić information content (AvgIpc) is 2.25. The normalized spacial score (nSPS) is 12.7. The Balaban J connectivity index is 2.20. The number of aromatic nitrogens is 2. The molecule has 0 aliphatic heterocycles. The van der Waals surface area contributed by atoms with Crippen LogP contribution in [0.4, 0.5) is 0 Å². The Morgan fingerprint density at radius 3 is 3.14 bits per heavy atom. The van der Waals surface area contributed by atoms with Gasteiger partial charge in [0.05, 0.1) is 17.7 Å². The molecule has 0 spiro atoms. The molecule has 14 heavy (non-hydrogen) atoms. The number of ether oxygens (including phenoxy) is 1. The number of thioether (sulfide) groups is 1. The van der Waals surface area contributed by atoms with Gasteiger partial charge in [-0.3, -0.25) is 0 Å². The molecule has 1 atom stereocenters. The monoisotopic (exact) mass is 214 g/mol. The van der Waals surface area contributed by atoms with Gasteiger partial charge in [-0.2, -0.15) is 0 Å². The number of hydrogen-bond donors (Lipinski definition) is 1. The first-order valence-corrected chi connectivity index (χ1v) is 5.46. The lowest BCUT2D eigenvalue weighted by atomic mass is 10.4. The van der Waals surface area contributed by atoms with Crippen molar-refractivity contribution in [3.05, 3.63) is 18.6 Å². The highest BCUT2D eigenvalue weighted by Gasteiger charge is 2.04. The van der Waals surface area contributed by atoms with Gasteiger partial charge in [0.1, 0.15) is 6.33 Å². The lowest BCUT2D eigenvalue weighted by Crippen LogP contribution is -2.17. The van der Waals surface area contributed by atoms with Gasteiger partial charge in [-0.1, -0.05) is 0 Å². The van der Waals surface area contributed by atoms with Crippen molar-refractivity contribution in [2.24, 2.45) is 0 Å². The minimum atomic E-state index is -0.435. The summed E-state index contributed by atoms with van der Waals surface area (Å²) in [5.41, 5.74) is 0. The Kier molecular flexibility index (Phi) is 5.51. The molecule has 1 N–H and O–H groups in total. The van der Waals surface area contributed by atoms with E-state index < -0.39 is 6.10 Å². The average molecular weight is 214 g/mol. The van der Waals surface area contributed by atoms with Gasteiger partial charge < -0.3 is 9.84 Å². The molecule has 0 aliphatic carbocycles. The molecule has 5 heteroatoms. The highest BCUT2D eigenvalue weighted by Crippen LogP contribution is 2.14. The van der Waals surface area contributed by atoms with Crippen molar-refractivity contribution in [1.29, 1.82) is 0 Å². The molecule has 0 saturated carbocycles. The summed E-state index contributed by atoms with van der Waals surface area (Å²) in [4.78, 5) is 7.84. The maximum Gasteiger partial charge on any atom is 0.116 e. The van der Waals surface area contributed by atoms with E-state index in [0.717, 1.165) is 5.03 Å². The van der Waals surface area contributed by atoms with Crippen LogP contribution in [0.5, 0.6) is 0 Å². The Morgan fingerprint density at radius 2 is 2.50 bits per heavy atom. The van der Waals surface area contributed by atoms with Crippen LogP contribution in [-0.4, -0.2) is 40.1 Å². The molecule has 1 heterocycles. The van der Waals surface area contributed by atoms with E-state index in [9.17, 15) is 5.11 Å². The molecule has 4 nitrogen and oxygen atoms in total. The van der Waals surface area contributed by atoms with E-state index in [4.69, 9.17) is 4.74 Å². The van der Waals surface area contributed by atoms with E-state index in [2.05, 4.69) is 9.97 Å². The van der Waals surface area contributed by atoms with Crippen LogP contribution >= 0.6 is 11.8 Å². The minimum absolute atomic E-state index is 0.384. The zero-order valence-electron chi connectivity index (χ0n) is 8.09. The molecule has 0 saturated heterocycles. The van der Waals surface area contributed by atoms with Gasteiger partial charge in [0.15, 0.2) is 0 Å². The highest BCUT2D eigenvalue weighted by atomic mass is 32.2. The van der Waals surface area contributed by atoms with Crippen LogP contribution < -0.4 is 0 Å². The smallest absolute Gasteiger partial charge is 0.116 e. The Morgan fingerprint density at radius 1 is 1.64 bits per heavy atom. The van der Waals surface area contributed by atoms with Crippen molar-refractivity contribution >= 4 is 11.8 Å². The Labute approximate surface area is 87.7 Å². The fourth-order valence-corrected chi connectivity index (χ4v) is 1.59. The predicted octanol–water partition coefficient (Wildman–Crippen LogP) is 0.966. The van der Waals surface area contributed by atoms with Gasteiger partial charge in [0.25, 0.3) is 0 Å². The largest absolute Gasteiger partial charge is 0.390 e. The number of aliphatic hydroxyl groups is 1. The van der Waals surface area contributed by atoms with Crippen LogP contribution in [0, 0.1) is 0 Å². The summed E-state index contributed by atoms with van der Waals surface area (Å²) >= 11 is 1.50. The van der Waals surface area contributed by atoms with E-state index in [1.54, 1.807) is 6.20 Å². The summed E-state index contributed by atoms with van der Waals surface area (Å²) in [6.07, 6.45) is 2.75. The predicted molar refractivity (Wildman–Crippen MR) is 55.3 cm³/mol. The third-order valence-corrected chi connectivity index (χ3v) is 2.58. The van der Waals surface area contributed by atoms with E-state index in [1.807, 2.05) is 13.0 Å². The minimum Gasteiger partial charge on any atom is -0.390 e. The van der Waals surface area contributed by atoms with Crippen molar-refractivity contribution in [2.45, 2.75) is 18.1 Å². The van der Waals surface area contributed by atoms with Crippen molar-refractivity contribution in [3.63, 3.8) is 0 Å². The number of rotatable bonds is 6. The fourth-order valence-electron chi connectivity index (χ4n) is 0.848. The molecule has 1 rings (SSSR count). The maximum absolute atomic E-state index is 9.45. The van der Waals surface area contributed by atoms with Gasteiger partial charge in [-0.05, 0) is 13.0 Å². The zero-order chi connectivity index (χ0) is 10.2. The van der Waals surface area contributed by atoms with Crippen molar-refractivity contribution in [1.82, 2.24) is 9.97 Å². The molecule has 0 amide bonds. The topological polar surface area (TPSA) is 55.2 Å². The second-order valence-corrected chi connectivity index (χ2v) is 3.71. The van der Waals surface area contributed by atoms with Crippen LogP contribution in [0.1, 0.15) is 6.92 Å². The quantitative estimate of drug-likeness (QED) is 0.565. The first-order chi connectivity index (χ1) is 6.83. The van der Waals surface area contributed by atoms with Crippen LogP contribution in [0.15, 0.2) is 23.6 Å². The molecule has 78 valence electrons. The molecule has 1 aromatic heterocycles. The number of aliphatic hydroxyl groups excluding tert-OH is 1. The van der Waals surface area contributed by atoms with Crippen LogP contribution in [0.2, 0.25) is 0 Å². The maximum atomic E-state index is 9.45. The molecule has 0 aliphatic rings. The summed E-state index contributed by atoms with van der Waals surface area (Å²) in [5.74, 6) is 0.594. The van der Waals surface area contributed by atoms with E-state index in [1.165, 1.54) is 18.1 Å². The molecule has 0 bridgehead atoms. The lowest BCUT2D eigenvalue weighted by molar-refractivity contribution is 0.0551. The van der Waals surface area contributed by atoms with E-state index in [-0.39, 0.29) is 0 Å². The van der Waals surface area contributed by atoms with E-state index in [0.29, 0.717) is 19.0 Å². The highest BCUT2D eigenvalue weighted by molar-refractivity contribution is 7.99. The van der Waals surface area contributed by atoms with Crippen molar-refractivity contribution < 1.29 is 9.84 Å². The van der Waals surface area contributed by atoms with E-state index >= 15 is 0 Å². The fraction of sp³-hybridized carbons (Fsp3) is 0.556. The summed E-state index contributed by atoms with van der Waals surface area (Å²) in [6, 6.07) is 1.82. The van der Waals surface area contributed by atoms with Crippen LogP contribution in [0.25, 0.3) is 0 Å². The first kappa shape index (κ1) is 11.4. The van der Waals surface area contributed by atoms with Crippen LogP contribution in [-0.2, 0) is 4.74 Å². The van der Waals surface area contributed by atoms with Gasteiger partial charge in [-0.25, -0.2) is 9.97 Å².